The Labute approximate surface area is 406 Å². The quantitative estimate of drug-likeness (QED) is 0.114. The van der Waals surface area contributed by atoms with Crippen molar-refractivity contribution in [3.05, 3.63) is 221 Å². The molecule has 0 atom stereocenters. The largest absolute Gasteiger partial charge is 3.00 e. The Morgan fingerprint density at radius 1 is 0.538 bits per heavy atom. The summed E-state index contributed by atoms with van der Waals surface area (Å²) in [5.74, 6) is 0. The van der Waals surface area contributed by atoms with Crippen LogP contribution in [0.2, 0.25) is 0 Å². The normalized spacial score (nSPS) is 14.1. The molecule has 10 aromatic rings. The number of hydrogen-bond acceptors (Lipinski definition) is 4. The first-order chi connectivity index (χ1) is 33.8. The zero-order valence-electron chi connectivity index (χ0n) is 43.6. The van der Waals surface area contributed by atoms with E-state index in [9.17, 15) is 5.48 Å². The van der Waals surface area contributed by atoms with Crippen LogP contribution >= 0.6 is 0 Å². The van der Waals surface area contributed by atoms with Crippen LogP contribution in [0.4, 0.5) is 0 Å². The number of furan rings is 1. The van der Waals surface area contributed by atoms with E-state index in [1.807, 2.05) is 116 Å². The van der Waals surface area contributed by atoms with Gasteiger partial charge in [-0.05, 0) is 99.1 Å². The third kappa shape index (κ3) is 9.09. The number of aryl methyl sites for hydroxylation is 3. The second-order valence-electron chi connectivity index (χ2n) is 17.8. The van der Waals surface area contributed by atoms with Crippen LogP contribution in [-0.4, -0.2) is 15.0 Å². The van der Waals surface area contributed by atoms with Crippen molar-refractivity contribution in [1.82, 2.24) is 15.0 Å². The molecule has 0 aliphatic carbocycles. The van der Waals surface area contributed by atoms with Gasteiger partial charge in [0.15, 0.2) is 0 Å². The molecule has 4 nitrogen and oxygen atoms in total. The van der Waals surface area contributed by atoms with Crippen LogP contribution in [0, 0.1) is 25.1 Å². The third-order valence-electron chi connectivity index (χ3n) is 12.2. The molecule has 0 saturated carbocycles. The minimum atomic E-state index is -2.89. The summed E-state index contributed by atoms with van der Waals surface area (Å²) in [5, 5.41) is 3.61. The molecule has 10 rings (SSSR count). The molecule has 4 heterocycles. The topological polar surface area (TPSA) is 51.8 Å². The van der Waals surface area contributed by atoms with E-state index < -0.39 is 30.4 Å². The Morgan fingerprint density at radius 2 is 1.14 bits per heavy atom. The molecule has 0 radical (unpaired) electrons. The van der Waals surface area contributed by atoms with Gasteiger partial charge < -0.3 is 19.4 Å². The molecule has 0 fully saturated rings. The van der Waals surface area contributed by atoms with Gasteiger partial charge >= 0.3 is 20.1 Å². The summed E-state index contributed by atoms with van der Waals surface area (Å²) in [7, 11) is 0. The maximum Gasteiger partial charge on any atom is 3.00 e. The molecule has 0 aliphatic rings. The standard InChI is InChI=1S/C60H50N3O.Ir/c1-40-31-56(53-22-14-21-51-52-28-25-44-15-12-13-20-50(44)57(52)64-58(51)53)61-37-47(40)24-23-41-32-42(35-59(2,3)48-26-29-54(62-38-48)45-16-8-6-9-17-45)34-43(33-41)36-60(4,5)49-27-30-55(63-39-49)46-18-10-7-11-19-46;/h6-16,18,20-21,25-34,37-39H,23-24,35-36H2,1-5H3;/q-3;+3/i1D3,23D2,24D2;. The van der Waals surface area contributed by atoms with E-state index in [1.165, 1.54) is 12.3 Å². The van der Waals surface area contributed by atoms with Crippen molar-refractivity contribution in [3.63, 3.8) is 0 Å². The molecular weight excluding hydrogens is 971 g/mol. The molecule has 65 heavy (non-hydrogen) atoms. The molecule has 0 saturated heterocycles. The van der Waals surface area contributed by atoms with Crippen molar-refractivity contribution in [1.29, 1.82) is 0 Å². The van der Waals surface area contributed by atoms with Gasteiger partial charge in [-0.3, -0.25) is 0 Å². The van der Waals surface area contributed by atoms with Crippen LogP contribution in [0.15, 0.2) is 169 Å². The average molecular weight is 1030 g/mol. The van der Waals surface area contributed by atoms with E-state index in [0.29, 0.717) is 29.6 Å². The Morgan fingerprint density at radius 3 is 1.74 bits per heavy atom. The van der Waals surface area contributed by atoms with Crippen LogP contribution in [0.25, 0.3) is 66.5 Å². The van der Waals surface area contributed by atoms with Crippen molar-refractivity contribution >= 4 is 32.7 Å². The van der Waals surface area contributed by atoms with E-state index in [-0.39, 0.29) is 42.5 Å². The number of hydrogen-bond donors (Lipinski definition) is 0. The maximum absolute atomic E-state index is 9.79. The molecule has 0 amide bonds. The van der Waals surface area contributed by atoms with Crippen LogP contribution in [0.5, 0.6) is 0 Å². The summed E-state index contributed by atoms with van der Waals surface area (Å²) in [6.07, 6.45) is 0.189. The zero-order chi connectivity index (χ0) is 49.9. The summed E-state index contributed by atoms with van der Waals surface area (Å²) in [6, 6.07) is 55.6. The average Bonchev–Trinajstić information content (AvgIpc) is 3.76. The van der Waals surface area contributed by atoms with Crippen molar-refractivity contribution in [2.45, 2.75) is 71.0 Å². The molecule has 0 spiro atoms. The molecule has 0 N–H and O–H groups in total. The molecular formula is C60H50IrN3O. The molecule has 320 valence electrons. The van der Waals surface area contributed by atoms with E-state index in [0.717, 1.165) is 66.3 Å². The van der Waals surface area contributed by atoms with Gasteiger partial charge in [-0.15, -0.1) is 90.0 Å². The summed E-state index contributed by atoms with van der Waals surface area (Å²) in [6.45, 7) is 5.60. The minimum absolute atomic E-state index is 0. The Kier molecular flexibility index (Phi) is 10.00. The molecule has 0 unspecified atom stereocenters. The van der Waals surface area contributed by atoms with Gasteiger partial charge in [0.05, 0.1) is 5.58 Å². The minimum Gasteiger partial charge on any atom is -0.500 e. The maximum atomic E-state index is 9.79. The predicted molar refractivity (Wildman–Crippen MR) is 262 cm³/mol. The molecule has 0 aliphatic heterocycles. The third-order valence-corrected chi connectivity index (χ3v) is 12.2. The van der Waals surface area contributed by atoms with Crippen LogP contribution in [-0.2, 0) is 56.5 Å². The van der Waals surface area contributed by atoms with E-state index in [2.05, 4.69) is 69.1 Å². The molecule has 5 heteroatoms. The van der Waals surface area contributed by atoms with Gasteiger partial charge in [-0.1, -0.05) is 129 Å². The monoisotopic (exact) mass is 1030 g/mol. The van der Waals surface area contributed by atoms with E-state index >= 15 is 0 Å². The fourth-order valence-electron chi connectivity index (χ4n) is 8.77. The fraction of sp³-hybridized carbons (Fsp3) is 0.183. The second-order valence-corrected chi connectivity index (χ2v) is 17.8. The number of pyridine rings is 3. The van der Waals surface area contributed by atoms with Crippen LogP contribution in [0.3, 0.4) is 0 Å². The summed E-state index contributed by atoms with van der Waals surface area (Å²) >= 11 is 0. The second kappa shape index (κ2) is 18.2. The van der Waals surface area contributed by atoms with Crippen molar-refractivity contribution < 1.29 is 34.1 Å². The molecule has 4 aromatic heterocycles. The first-order valence-electron chi connectivity index (χ1n) is 25.1. The Bertz CT molecular complexity index is 3460. The first-order valence-corrected chi connectivity index (χ1v) is 21.6. The number of rotatable bonds is 12. The van der Waals surface area contributed by atoms with Gasteiger partial charge in [0.2, 0.25) is 0 Å². The van der Waals surface area contributed by atoms with Crippen molar-refractivity contribution in [2.24, 2.45) is 0 Å². The Hall–Kier alpha value is -6.52. The predicted octanol–water partition coefficient (Wildman–Crippen LogP) is 14.5. The number of nitrogens with zero attached hydrogens (tertiary/aromatic N) is 3. The van der Waals surface area contributed by atoms with E-state index in [1.54, 1.807) is 18.2 Å². The van der Waals surface area contributed by atoms with Crippen molar-refractivity contribution in [3.8, 4) is 33.8 Å². The van der Waals surface area contributed by atoms with Crippen LogP contribution < -0.4 is 0 Å². The number of benzene rings is 6. The zero-order valence-corrected chi connectivity index (χ0v) is 39.0. The molecule has 6 aromatic carbocycles. The van der Waals surface area contributed by atoms with Crippen molar-refractivity contribution in [2.75, 3.05) is 0 Å². The van der Waals surface area contributed by atoms with Gasteiger partial charge in [0.25, 0.3) is 0 Å². The van der Waals surface area contributed by atoms with Crippen LogP contribution in [0.1, 0.15) is 76.2 Å². The number of fused-ring (bicyclic) bond motifs is 5. The van der Waals surface area contributed by atoms with E-state index in [4.69, 9.17) is 18.5 Å². The van der Waals surface area contributed by atoms with Gasteiger partial charge in [-0.2, -0.15) is 0 Å². The number of aromatic nitrogens is 3. The smallest absolute Gasteiger partial charge is 0.500 e. The summed E-state index contributed by atoms with van der Waals surface area (Å²) in [5.41, 5.74) is 7.06. The van der Waals surface area contributed by atoms with Gasteiger partial charge in [-0.25, -0.2) is 0 Å². The summed E-state index contributed by atoms with van der Waals surface area (Å²) < 4.78 is 71.7. The Balaban J connectivity index is 0.00000640. The van der Waals surface area contributed by atoms with Gasteiger partial charge in [0, 0.05) is 39.0 Å². The summed E-state index contributed by atoms with van der Waals surface area (Å²) in [4.78, 5) is 14.2. The van der Waals surface area contributed by atoms with Gasteiger partial charge in [0.1, 0.15) is 5.58 Å². The molecule has 0 bridgehead atoms. The SMILES string of the molecule is [2H]C([2H])([2H])c1cc(-c2[c-]ccc3c2oc2c4ccccc4ccc32)ncc1C([2H])([2H])C([2H])([2H])c1cc(CC(C)(C)c2ccc(-c3[c-]cccc3)nc2)cc(CC(C)(C)c2ccc(-c3[c-]cccc3)nc2)c1.[Ir+3]. The first kappa shape index (κ1) is 35.8. The fourth-order valence-corrected chi connectivity index (χ4v) is 8.77.